The van der Waals surface area contributed by atoms with Gasteiger partial charge in [0.15, 0.2) is 0 Å². The van der Waals surface area contributed by atoms with Crippen molar-refractivity contribution >= 4 is 11.7 Å². The van der Waals surface area contributed by atoms with Gasteiger partial charge in [-0.05, 0) is 13.0 Å². The Morgan fingerprint density at radius 1 is 1.55 bits per heavy atom. The summed E-state index contributed by atoms with van der Waals surface area (Å²) in [6.07, 6.45) is -3.46. The van der Waals surface area contributed by atoms with Crippen molar-refractivity contribution in [3.63, 3.8) is 0 Å². The first kappa shape index (κ1) is 15.7. The zero-order valence-corrected chi connectivity index (χ0v) is 10.8. The second kappa shape index (κ2) is 6.73. The Hall–Kier alpha value is -2.32. The molecule has 0 amide bonds. The summed E-state index contributed by atoms with van der Waals surface area (Å²) in [5, 5.41) is 10.8. The van der Waals surface area contributed by atoms with Gasteiger partial charge in [-0.15, -0.1) is 0 Å². The number of nitrogens with zero attached hydrogens (tertiary/aromatic N) is 2. The van der Waals surface area contributed by atoms with E-state index in [9.17, 15) is 23.7 Å². The van der Waals surface area contributed by atoms with Crippen molar-refractivity contribution < 1.29 is 28.0 Å². The van der Waals surface area contributed by atoms with Crippen LogP contribution in [0.2, 0.25) is 0 Å². The molecular weight excluding hydrogens is 278 g/mol. The van der Waals surface area contributed by atoms with E-state index in [0.717, 1.165) is 13.2 Å². The molecule has 0 N–H and O–H groups in total. The number of nitro groups is 1. The van der Waals surface area contributed by atoms with Gasteiger partial charge in [-0.25, -0.2) is 13.8 Å². The SMILES string of the molecule is CCOC(=O)Cc1cc(C(F)F)c([N+](=O)[O-])c(OC)n1. The van der Waals surface area contributed by atoms with Crippen LogP contribution in [0.1, 0.15) is 24.6 Å². The van der Waals surface area contributed by atoms with E-state index in [0.29, 0.717) is 0 Å². The van der Waals surface area contributed by atoms with Crippen LogP contribution in [-0.2, 0) is 16.0 Å². The lowest BCUT2D eigenvalue weighted by Gasteiger charge is -2.09. The zero-order chi connectivity index (χ0) is 15.3. The van der Waals surface area contributed by atoms with Gasteiger partial charge in [-0.3, -0.25) is 14.9 Å². The summed E-state index contributed by atoms with van der Waals surface area (Å²) in [7, 11) is 1.07. The molecule has 9 heteroatoms. The van der Waals surface area contributed by atoms with Crippen molar-refractivity contribution in [3.8, 4) is 5.88 Å². The number of alkyl halides is 2. The molecule has 1 rings (SSSR count). The average Bonchev–Trinajstić information content (AvgIpc) is 2.37. The number of methoxy groups -OCH3 is 1. The molecule has 0 aliphatic carbocycles. The van der Waals surface area contributed by atoms with Crippen LogP contribution in [0.25, 0.3) is 0 Å². The minimum Gasteiger partial charge on any atom is -0.476 e. The van der Waals surface area contributed by atoms with Gasteiger partial charge in [-0.2, -0.15) is 0 Å². The molecule has 0 unspecified atom stereocenters. The lowest BCUT2D eigenvalue weighted by Crippen LogP contribution is -2.11. The predicted octanol–water partition coefficient (Wildman–Crippen LogP) is 2.04. The van der Waals surface area contributed by atoms with Crippen LogP contribution >= 0.6 is 0 Å². The van der Waals surface area contributed by atoms with Crippen molar-refractivity contribution in [2.45, 2.75) is 19.8 Å². The van der Waals surface area contributed by atoms with E-state index in [1.807, 2.05) is 0 Å². The van der Waals surface area contributed by atoms with Gasteiger partial charge >= 0.3 is 11.7 Å². The lowest BCUT2D eigenvalue weighted by molar-refractivity contribution is -0.387. The summed E-state index contributed by atoms with van der Waals surface area (Å²) in [5.74, 6) is -1.23. The van der Waals surface area contributed by atoms with E-state index in [-0.39, 0.29) is 18.7 Å². The first-order valence-corrected chi connectivity index (χ1v) is 5.56. The molecule has 20 heavy (non-hydrogen) atoms. The molecule has 0 radical (unpaired) electrons. The van der Waals surface area contributed by atoms with Crippen LogP contribution in [0.3, 0.4) is 0 Å². The quantitative estimate of drug-likeness (QED) is 0.452. The Balaban J connectivity index is 3.26. The molecule has 0 fully saturated rings. The summed E-state index contributed by atoms with van der Waals surface area (Å²) >= 11 is 0. The van der Waals surface area contributed by atoms with Gasteiger partial charge in [0, 0.05) is 0 Å². The van der Waals surface area contributed by atoms with Crippen LogP contribution in [0.5, 0.6) is 5.88 Å². The Labute approximate surface area is 112 Å². The van der Waals surface area contributed by atoms with Gasteiger partial charge in [-0.1, -0.05) is 0 Å². The average molecular weight is 290 g/mol. The number of hydrogen-bond acceptors (Lipinski definition) is 6. The second-order valence-electron chi connectivity index (χ2n) is 3.60. The van der Waals surface area contributed by atoms with Crippen LogP contribution in [0.4, 0.5) is 14.5 Å². The van der Waals surface area contributed by atoms with Gasteiger partial charge in [0.05, 0.1) is 30.8 Å². The molecule has 0 aromatic carbocycles. The van der Waals surface area contributed by atoms with Gasteiger partial charge < -0.3 is 9.47 Å². The summed E-state index contributed by atoms with van der Waals surface area (Å²) in [6.45, 7) is 1.72. The largest absolute Gasteiger partial charge is 0.476 e. The topological polar surface area (TPSA) is 91.6 Å². The number of aromatic nitrogens is 1. The summed E-state index contributed by atoms with van der Waals surface area (Å²) in [4.78, 5) is 24.8. The van der Waals surface area contributed by atoms with Crippen molar-refractivity contribution in [3.05, 3.63) is 27.4 Å². The Morgan fingerprint density at radius 3 is 2.65 bits per heavy atom. The number of hydrogen-bond donors (Lipinski definition) is 0. The van der Waals surface area contributed by atoms with E-state index < -0.39 is 34.4 Å². The first-order chi connectivity index (χ1) is 9.40. The first-order valence-electron chi connectivity index (χ1n) is 5.56. The maximum absolute atomic E-state index is 12.9. The Morgan fingerprint density at radius 2 is 2.20 bits per heavy atom. The fourth-order valence-corrected chi connectivity index (χ4v) is 1.53. The van der Waals surface area contributed by atoms with E-state index in [1.54, 1.807) is 6.92 Å². The molecule has 110 valence electrons. The highest BCUT2D eigenvalue weighted by Crippen LogP contribution is 2.35. The zero-order valence-electron chi connectivity index (χ0n) is 10.8. The maximum Gasteiger partial charge on any atom is 0.339 e. The van der Waals surface area contributed by atoms with E-state index in [2.05, 4.69) is 14.5 Å². The van der Waals surface area contributed by atoms with E-state index >= 15 is 0 Å². The van der Waals surface area contributed by atoms with Crippen LogP contribution < -0.4 is 4.74 Å². The standard InChI is InChI=1S/C11H12F2N2O5/c1-3-20-8(16)5-6-4-7(10(12)13)9(15(17)18)11(14-6)19-2/h4,10H,3,5H2,1-2H3. The maximum atomic E-state index is 12.9. The number of pyridine rings is 1. The number of ether oxygens (including phenoxy) is 2. The van der Waals surface area contributed by atoms with Crippen molar-refractivity contribution in [2.24, 2.45) is 0 Å². The van der Waals surface area contributed by atoms with Gasteiger partial charge in [0.25, 0.3) is 12.3 Å². The van der Waals surface area contributed by atoms with Crippen molar-refractivity contribution in [1.29, 1.82) is 0 Å². The summed E-state index contributed by atoms with van der Waals surface area (Å²) in [5.41, 5.74) is -1.84. The molecule has 1 heterocycles. The third kappa shape index (κ3) is 3.59. The number of esters is 1. The van der Waals surface area contributed by atoms with E-state index in [4.69, 9.17) is 0 Å². The molecule has 0 saturated heterocycles. The molecule has 0 bridgehead atoms. The molecule has 7 nitrogen and oxygen atoms in total. The fourth-order valence-electron chi connectivity index (χ4n) is 1.53. The van der Waals surface area contributed by atoms with Crippen LogP contribution in [-0.4, -0.2) is 29.6 Å². The molecule has 0 aliphatic rings. The molecule has 0 atom stereocenters. The van der Waals surface area contributed by atoms with Crippen LogP contribution in [0.15, 0.2) is 6.07 Å². The Bertz CT molecular complexity index is 522. The summed E-state index contributed by atoms with van der Waals surface area (Å²) < 4.78 is 35.0. The third-order valence-electron chi connectivity index (χ3n) is 2.29. The molecule has 0 spiro atoms. The fraction of sp³-hybridized carbons (Fsp3) is 0.455. The monoisotopic (exact) mass is 290 g/mol. The Kier molecular flexibility index (Phi) is 5.30. The second-order valence-corrected chi connectivity index (χ2v) is 3.60. The van der Waals surface area contributed by atoms with Crippen molar-refractivity contribution in [2.75, 3.05) is 13.7 Å². The smallest absolute Gasteiger partial charge is 0.339 e. The van der Waals surface area contributed by atoms with Gasteiger partial charge in [0.1, 0.15) is 5.56 Å². The highest BCUT2D eigenvalue weighted by atomic mass is 19.3. The van der Waals surface area contributed by atoms with Gasteiger partial charge in [0.2, 0.25) is 0 Å². The van der Waals surface area contributed by atoms with E-state index in [1.165, 1.54) is 0 Å². The molecule has 0 aliphatic heterocycles. The third-order valence-corrected chi connectivity index (χ3v) is 2.29. The molecule has 0 saturated carbocycles. The normalized spacial score (nSPS) is 10.4. The number of rotatable bonds is 6. The lowest BCUT2D eigenvalue weighted by atomic mass is 10.1. The van der Waals surface area contributed by atoms with Crippen LogP contribution in [0, 0.1) is 10.1 Å². The highest BCUT2D eigenvalue weighted by molar-refractivity contribution is 5.72. The highest BCUT2D eigenvalue weighted by Gasteiger charge is 2.29. The molecular formula is C11H12F2N2O5. The minimum atomic E-state index is -3.09. The summed E-state index contributed by atoms with van der Waals surface area (Å²) in [6, 6.07) is 0.808. The predicted molar refractivity (Wildman–Crippen MR) is 62.7 cm³/mol. The van der Waals surface area contributed by atoms with Crippen molar-refractivity contribution in [1.82, 2.24) is 4.98 Å². The molecule has 1 aromatic rings. The number of carbonyl (C=O) groups is 1. The molecule has 1 aromatic heterocycles. The number of carbonyl (C=O) groups excluding carboxylic acids is 1. The minimum absolute atomic E-state index is 0.0822. The number of halogens is 2.